The Kier molecular flexibility index (Phi) is 2.67. The van der Waals surface area contributed by atoms with Crippen LogP contribution >= 0.6 is 0 Å². The Hall–Kier alpha value is -0.810. The molecule has 2 heteroatoms. The maximum Gasteiger partial charge on any atom is 0.143 e. The maximum absolute atomic E-state index is 9.26. The summed E-state index contributed by atoms with van der Waals surface area (Å²) in [5.74, 6) is 0.489. The second-order valence-electron chi connectivity index (χ2n) is 3.10. The van der Waals surface area contributed by atoms with E-state index in [-0.39, 0.29) is 5.92 Å². The lowest BCUT2D eigenvalue weighted by Crippen LogP contribution is -2.25. The molecule has 0 aliphatic heterocycles. The van der Waals surface area contributed by atoms with E-state index < -0.39 is 6.10 Å². The Morgan fingerprint density at radius 2 is 2.45 bits per heavy atom. The molecule has 1 rings (SSSR count). The average molecular weight is 151 g/mol. The Balaban J connectivity index is 2.59. The summed E-state index contributed by atoms with van der Waals surface area (Å²) in [6.45, 7) is 2.04. The molecule has 1 N–H and O–H groups in total. The normalized spacial score (nSPS) is 32.8. The lowest BCUT2D eigenvalue weighted by molar-refractivity contribution is 0.127. The number of hydrogen-bond donors (Lipinski definition) is 1. The minimum absolute atomic E-state index is 0.144. The molecule has 0 aromatic heterocycles. The van der Waals surface area contributed by atoms with Gasteiger partial charge in [-0.05, 0) is 18.8 Å². The summed E-state index contributed by atoms with van der Waals surface area (Å²) < 4.78 is 0. The van der Waals surface area contributed by atoms with Gasteiger partial charge in [0.1, 0.15) is 6.10 Å². The molecule has 1 aliphatic rings. The molecule has 60 valence electrons. The molecule has 0 bridgehead atoms. The van der Waals surface area contributed by atoms with Crippen LogP contribution in [0, 0.1) is 23.2 Å². The average Bonchev–Trinajstić information content (AvgIpc) is 2.04. The van der Waals surface area contributed by atoms with Crippen LogP contribution in [0.15, 0.2) is 12.2 Å². The van der Waals surface area contributed by atoms with Crippen molar-refractivity contribution in [1.82, 2.24) is 0 Å². The van der Waals surface area contributed by atoms with E-state index >= 15 is 0 Å². The predicted octanol–water partition coefficient (Wildman–Crippen LogP) is 1.47. The van der Waals surface area contributed by atoms with E-state index in [0.29, 0.717) is 5.92 Å². The third-order valence-electron chi connectivity index (χ3n) is 2.32. The topological polar surface area (TPSA) is 44.0 Å². The van der Waals surface area contributed by atoms with Crippen LogP contribution in [0.3, 0.4) is 0 Å². The summed E-state index contributed by atoms with van der Waals surface area (Å²) in [4.78, 5) is 0. The van der Waals surface area contributed by atoms with Crippen LogP contribution in [0.25, 0.3) is 0 Å². The second-order valence-corrected chi connectivity index (χ2v) is 3.10. The zero-order chi connectivity index (χ0) is 8.27. The number of aliphatic hydroxyl groups excluding tert-OH is 1. The van der Waals surface area contributed by atoms with Gasteiger partial charge in [0.2, 0.25) is 0 Å². The summed E-state index contributed by atoms with van der Waals surface area (Å²) in [5, 5.41) is 17.7. The van der Waals surface area contributed by atoms with Crippen LogP contribution in [0.1, 0.15) is 19.8 Å². The molecule has 0 radical (unpaired) electrons. The molecule has 0 heterocycles. The molecule has 0 aromatic rings. The first-order valence-electron chi connectivity index (χ1n) is 4.00. The van der Waals surface area contributed by atoms with Crippen molar-refractivity contribution in [2.24, 2.45) is 11.8 Å². The van der Waals surface area contributed by atoms with Gasteiger partial charge in [0.15, 0.2) is 0 Å². The quantitative estimate of drug-likeness (QED) is 0.455. The summed E-state index contributed by atoms with van der Waals surface area (Å²) >= 11 is 0. The zero-order valence-corrected chi connectivity index (χ0v) is 6.70. The summed E-state index contributed by atoms with van der Waals surface area (Å²) in [7, 11) is 0. The number of hydrogen-bond acceptors (Lipinski definition) is 2. The van der Waals surface area contributed by atoms with Crippen molar-refractivity contribution >= 4 is 0 Å². The van der Waals surface area contributed by atoms with E-state index in [9.17, 15) is 5.11 Å². The lowest BCUT2D eigenvalue weighted by atomic mass is 9.82. The molecule has 3 atom stereocenters. The van der Waals surface area contributed by atoms with Crippen LogP contribution in [0.2, 0.25) is 0 Å². The molecule has 0 spiro atoms. The molecule has 0 aromatic carbocycles. The number of rotatable bonds is 1. The van der Waals surface area contributed by atoms with E-state index in [1.54, 1.807) is 0 Å². The Labute approximate surface area is 67.2 Å². The minimum atomic E-state index is -0.782. The Bertz CT molecular complexity index is 192. The van der Waals surface area contributed by atoms with E-state index in [0.717, 1.165) is 12.8 Å². The zero-order valence-electron chi connectivity index (χ0n) is 6.70. The van der Waals surface area contributed by atoms with Crippen LogP contribution in [-0.2, 0) is 0 Å². The number of nitriles is 1. The first-order chi connectivity index (χ1) is 5.25. The number of allylic oxidation sites excluding steroid dienone is 2. The molecular weight excluding hydrogens is 138 g/mol. The van der Waals surface area contributed by atoms with Gasteiger partial charge in [-0.2, -0.15) is 5.26 Å². The highest BCUT2D eigenvalue weighted by Gasteiger charge is 2.24. The highest BCUT2D eigenvalue weighted by atomic mass is 16.3. The summed E-state index contributed by atoms with van der Waals surface area (Å²) in [6, 6.07) is 1.89. The van der Waals surface area contributed by atoms with Crippen LogP contribution in [0.5, 0.6) is 0 Å². The maximum atomic E-state index is 9.26. The summed E-state index contributed by atoms with van der Waals surface area (Å²) in [6.07, 6.45) is 5.34. The van der Waals surface area contributed by atoms with E-state index in [1.165, 1.54) is 0 Å². The molecule has 2 nitrogen and oxygen atoms in total. The highest BCUT2D eigenvalue weighted by Crippen LogP contribution is 2.26. The fourth-order valence-electron chi connectivity index (χ4n) is 1.55. The number of nitrogens with zero attached hydrogens (tertiary/aromatic N) is 1. The number of aliphatic hydroxyl groups is 1. The van der Waals surface area contributed by atoms with Crippen LogP contribution < -0.4 is 0 Å². The van der Waals surface area contributed by atoms with Crippen molar-refractivity contribution in [2.75, 3.05) is 0 Å². The van der Waals surface area contributed by atoms with Gasteiger partial charge in [-0.1, -0.05) is 19.1 Å². The molecular formula is C9H13NO. The molecule has 3 unspecified atom stereocenters. The van der Waals surface area contributed by atoms with Gasteiger partial charge in [-0.15, -0.1) is 0 Å². The predicted molar refractivity (Wildman–Crippen MR) is 42.6 cm³/mol. The fraction of sp³-hybridized carbons (Fsp3) is 0.667. The standard InChI is InChI=1S/C9H13NO/c1-7-4-2-3-5-8(7)9(11)6-10/h2,4,7-9,11H,3,5H2,1H3. The van der Waals surface area contributed by atoms with Gasteiger partial charge in [0, 0.05) is 5.92 Å². The monoisotopic (exact) mass is 151 g/mol. The van der Waals surface area contributed by atoms with Gasteiger partial charge in [-0.25, -0.2) is 0 Å². The molecule has 0 saturated heterocycles. The molecule has 1 aliphatic carbocycles. The van der Waals surface area contributed by atoms with Gasteiger partial charge in [-0.3, -0.25) is 0 Å². The van der Waals surface area contributed by atoms with Crippen molar-refractivity contribution in [3.8, 4) is 6.07 Å². The van der Waals surface area contributed by atoms with Crippen molar-refractivity contribution in [3.05, 3.63) is 12.2 Å². The van der Waals surface area contributed by atoms with Gasteiger partial charge >= 0.3 is 0 Å². The first-order valence-corrected chi connectivity index (χ1v) is 4.00. The van der Waals surface area contributed by atoms with Gasteiger partial charge in [0.05, 0.1) is 6.07 Å². The van der Waals surface area contributed by atoms with Crippen molar-refractivity contribution < 1.29 is 5.11 Å². The van der Waals surface area contributed by atoms with Crippen LogP contribution in [-0.4, -0.2) is 11.2 Å². The van der Waals surface area contributed by atoms with Crippen molar-refractivity contribution in [2.45, 2.75) is 25.9 Å². The second kappa shape index (κ2) is 3.54. The van der Waals surface area contributed by atoms with Crippen molar-refractivity contribution in [1.29, 1.82) is 5.26 Å². The molecule has 0 saturated carbocycles. The van der Waals surface area contributed by atoms with Gasteiger partial charge < -0.3 is 5.11 Å². The molecule has 0 amide bonds. The third kappa shape index (κ3) is 1.81. The van der Waals surface area contributed by atoms with Crippen LogP contribution in [0.4, 0.5) is 0 Å². The van der Waals surface area contributed by atoms with Gasteiger partial charge in [0.25, 0.3) is 0 Å². The highest BCUT2D eigenvalue weighted by molar-refractivity contribution is 5.01. The van der Waals surface area contributed by atoms with E-state index in [1.807, 2.05) is 13.0 Å². The molecule has 0 fully saturated rings. The molecule has 11 heavy (non-hydrogen) atoms. The third-order valence-corrected chi connectivity index (χ3v) is 2.32. The fourth-order valence-corrected chi connectivity index (χ4v) is 1.55. The summed E-state index contributed by atoms with van der Waals surface area (Å²) in [5.41, 5.74) is 0. The SMILES string of the molecule is CC1C=CCCC1C(O)C#N. The van der Waals surface area contributed by atoms with E-state index in [2.05, 4.69) is 12.2 Å². The largest absolute Gasteiger partial charge is 0.378 e. The van der Waals surface area contributed by atoms with Crippen molar-refractivity contribution in [3.63, 3.8) is 0 Å². The Morgan fingerprint density at radius 1 is 1.73 bits per heavy atom. The Morgan fingerprint density at radius 3 is 3.00 bits per heavy atom. The minimum Gasteiger partial charge on any atom is -0.378 e. The smallest absolute Gasteiger partial charge is 0.143 e. The lowest BCUT2D eigenvalue weighted by Gasteiger charge is -2.25. The first kappa shape index (κ1) is 8.29. The van der Waals surface area contributed by atoms with E-state index in [4.69, 9.17) is 5.26 Å².